The summed E-state index contributed by atoms with van der Waals surface area (Å²) in [6, 6.07) is 13.9. The van der Waals surface area contributed by atoms with Crippen LogP contribution in [-0.2, 0) is 6.42 Å². The smallest absolute Gasteiger partial charge is 0.146 e. The van der Waals surface area contributed by atoms with Crippen LogP contribution < -0.4 is 11.1 Å². The molecule has 6 heteroatoms. The lowest BCUT2D eigenvalue weighted by atomic mass is 9.93. The van der Waals surface area contributed by atoms with Gasteiger partial charge >= 0.3 is 0 Å². The van der Waals surface area contributed by atoms with Crippen LogP contribution >= 0.6 is 0 Å². The van der Waals surface area contributed by atoms with Gasteiger partial charge in [-0.2, -0.15) is 0 Å². The van der Waals surface area contributed by atoms with Crippen molar-refractivity contribution in [2.75, 3.05) is 11.1 Å². The van der Waals surface area contributed by atoms with Crippen molar-refractivity contribution in [3.05, 3.63) is 66.1 Å². The van der Waals surface area contributed by atoms with Gasteiger partial charge in [-0.3, -0.25) is 0 Å². The monoisotopic (exact) mass is 424 g/mol. The molecule has 0 spiro atoms. The molecule has 6 nitrogen and oxygen atoms in total. The number of anilines is 2. The summed E-state index contributed by atoms with van der Waals surface area (Å²) in [5, 5.41) is 5.70. The molecule has 2 aliphatic rings. The molecule has 1 saturated carbocycles. The Morgan fingerprint density at radius 3 is 2.81 bits per heavy atom. The van der Waals surface area contributed by atoms with Crippen molar-refractivity contribution in [2.45, 2.75) is 57.0 Å². The van der Waals surface area contributed by atoms with Crippen LogP contribution in [0, 0.1) is 0 Å². The summed E-state index contributed by atoms with van der Waals surface area (Å²) in [6.45, 7) is 0. The second-order valence-electron chi connectivity index (χ2n) is 9.15. The summed E-state index contributed by atoms with van der Waals surface area (Å²) in [4.78, 5) is 13.4. The summed E-state index contributed by atoms with van der Waals surface area (Å²) in [6.07, 6.45) is 14.3. The van der Waals surface area contributed by atoms with Gasteiger partial charge in [-0.25, -0.2) is 15.0 Å². The zero-order valence-corrected chi connectivity index (χ0v) is 18.2. The molecule has 3 N–H and O–H groups in total. The van der Waals surface area contributed by atoms with Gasteiger partial charge < -0.3 is 15.6 Å². The Hall–Kier alpha value is -3.41. The van der Waals surface area contributed by atoms with Crippen LogP contribution in [0.5, 0.6) is 0 Å². The predicted octanol–water partition coefficient (Wildman–Crippen LogP) is 5.42. The minimum atomic E-state index is 0.343. The number of hydrogen-bond acceptors (Lipinski definition) is 5. The number of benzene rings is 1. The topological polar surface area (TPSA) is 81.6 Å². The summed E-state index contributed by atoms with van der Waals surface area (Å²) < 4.78 is 2.23. The van der Waals surface area contributed by atoms with Gasteiger partial charge in [0.05, 0.1) is 16.9 Å². The van der Waals surface area contributed by atoms with E-state index in [0.29, 0.717) is 17.9 Å². The molecular weight excluding hydrogens is 396 g/mol. The Morgan fingerprint density at radius 1 is 1.03 bits per heavy atom. The van der Waals surface area contributed by atoms with E-state index in [-0.39, 0.29) is 0 Å². The summed E-state index contributed by atoms with van der Waals surface area (Å²) in [5.41, 5.74) is 10.9. The normalized spacial score (nSPS) is 18.8. The van der Waals surface area contributed by atoms with Crippen molar-refractivity contribution in [1.29, 1.82) is 0 Å². The molecular formula is C26H28N6. The van der Waals surface area contributed by atoms with Gasteiger partial charge in [0.2, 0.25) is 0 Å². The number of rotatable bonds is 6. The molecule has 32 heavy (non-hydrogen) atoms. The molecule has 1 atom stereocenters. The first-order valence-electron chi connectivity index (χ1n) is 11.7. The molecule has 0 bridgehead atoms. The Bertz CT molecular complexity index is 1320. The van der Waals surface area contributed by atoms with Crippen molar-refractivity contribution in [3.63, 3.8) is 0 Å². The van der Waals surface area contributed by atoms with E-state index in [1.165, 1.54) is 35.8 Å². The van der Waals surface area contributed by atoms with E-state index in [1.54, 1.807) is 6.33 Å². The second kappa shape index (κ2) is 7.93. The quantitative estimate of drug-likeness (QED) is 0.404. The first-order chi connectivity index (χ1) is 15.7. The van der Waals surface area contributed by atoms with Crippen LogP contribution in [0.25, 0.3) is 21.9 Å². The number of allylic oxidation sites excluding steroid dienone is 2. The van der Waals surface area contributed by atoms with Crippen molar-refractivity contribution in [3.8, 4) is 0 Å². The third kappa shape index (κ3) is 3.60. The van der Waals surface area contributed by atoms with Gasteiger partial charge in [-0.05, 0) is 74.8 Å². The number of pyridine rings is 1. The zero-order valence-electron chi connectivity index (χ0n) is 18.2. The van der Waals surface area contributed by atoms with Crippen molar-refractivity contribution in [2.24, 2.45) is 0 Å². The van der Waals surface area contributed by atoms with Crippen LogP contribution in [0.1, 0.15) is 50.1 Å². The van der Waals surface area contributed by atoms with Crippen LogP contribution in [0.15, 0.2) is 60.6 Å². The highest BCUT2D eigenvalue weighted by Gasteiger charge is 2.20. The summed E-state index contributed by atoms with van der Waals surface area (Å²) in [7, 11) is 0. The van der Waals surface area contributed by atoms with Crippen LogP contribution in [0.2, 0.25) is 0 Å². The van der Waals surface area contributed by atoms with Gasteiger partial charge in [-0.15, -0.1) is 0 Å². The molecule has 4 aromatic rings. The maximum atomic E-state index is 6.00. The van der Waals surface area contributed by atoms with Gasteiger partial charge in [-0.1, -0.05) is 23.8 Å². The number of nitrogens with zero attached hydrogens (tertiary/aromatic N) is 4. The molecule has 0 radical (unpaired) electrons. The number of fused-ring (bicyclic) bond motifs is 2. The number of aryl methyl sites for hydroxylation is 1. The average Bonchev–Trinajstić information content (AvgIpc) is 3.42. The lowest BCUT2D eigenvalue weighted by Crippen LogP contribution is -2.27. The van der Waals surface area contributed by atoms with E-state index in [2.05, 4.69) is 62.5 Å². The molecule has 6 rings (SSSR count). The van der Waals surface area contributed by atoms with Gasteiger partial charge in [0, 0.05) is 17.6 Å². The summed E-state index contributed by atoms with van der Waals surface area (Å²) in [5.74, 6) is 1.55. The first kappa shape index (κ1) is 19.3. The highest BCUT2D eigenvalue weighted by Crippen LogP contribution is 2.34. The van der Waals surface area contributed by atoms with Crippen molar-refractivity contribution >= 4 is 33.6 Å². The number of aromatic nitrogens is 4. The highest BCUT2D eigenvalue weighted by atomic mass is 15.1. The minimum Gasteiger partial charge on any atom is -0.383 e. The van der Waals surface area contributed by atoms with Gasteiger partial charge in [0.15, 0.2) is 0 Å². The Labute approximate surface area is 187 Å². The fourth-order valence-electron chi connectivity index (χ4n) is 4.92. The average molecular weight is 425 g/mol. The third-order valence-corrected chi connectivity index (χ3v) is 7.04. The molecule has 3 heterocycles. The lowest BCUT2D eigenvalue weighted by Gasteiger charge is -2.26. The van der Waals surface area contributed by atoms with E-state index < -0.39 is 0 Å². The van der Waals surface area contributed by atoms with Crippen LogP contribution in [-0.4, -0.2) is 25.6 Å². The van der Waals surface area contributed by atoms with E-state index in [1.807, 2.05) is 6.07 Å². The van der Waals surface area contributed by atoms with Gasteiger partial charge in [0.25, 0.3) is 0 Å². The van der Waals surface area contributed by atoms with Crippen molar-refractivity contribution < 1.29 is 0 Å². The molecule has 3 aromatic heterocycles. The zero-order chi connectivity index (χ0) is 21.5. The van der Waals surface area contributed by atoms with E-state index in [9.17, 15) is 0 Å². The van der Waals surface area contributed by atoms with E-state index >= 15 is 0 Å². The van der Waals surface area contributed by atoms with E-state index in [0.717, 1.165) is 48.1 Å². The largest absolute Gasteiger partial charge is 0.383 e. The Kier molecular flexibility index (Phi) is 4.78. The molecule has 0 amide bonds. The minimum absolute atomic E-state index is 0.343. The SMILES string of the molecule is Nc1ncnc2c1ccn2C1C=C(CCc2ccc3ccc(NC4CCC4)nc3c2)CC1. The van der Waals surface area contributed by atoms with Crippen LogP contribution in [0.3, 0.4) is 0 Å². The molecule has 0 aliphatic heterocycles. The number of nitrogens with one attached hydrogen (secondary N) is 1. The molecule has 2 aliphatic carbocycles. The number of nitrogens with two attached hydrogens (primary N) is 1. The standard InChI is InChI=1S/C26H28N6/c27-25-22-12-13-32(26(22)29-16-28-25)21-10-7-17(14-21)4-5-18-6-8-19-9-11-24(31-23(19)15-18)30-20-2-1-3-20/h6,8-9,11-16,20-21H,1-5,7,10H2,(H,30,31)(H2,27,28,29). The molecule has 1 unspecified atom stereocenters. The van der Waals surface area contributed by atoms with Crippen LogP contribution in [0.4, 0.5) is 11.6 Å². The fraction of sp³-hybridized carbons (Fsp3) is 0.346. The fourth-order valence-corrected chi connectivity index (χ4v) is 4.92. The Morgan fingerprint density at radius 2 is 1.94 bits per heavy atom. The second-order valence-corrected chi connectivity index (χ2v) is 9.15. The third-order valence-electron chi connectivity index (χ3n) is 7.04. The lowest BCUT2D eigenvalue weighted by molar-refractivity contribution is 0.444. The number of nitrogen functional groups attached to an aromatic ring is 1. The molecule has 162 valence electrons. The predicted molar refractivity (Wildman–Crippen MR) is 130 cm³/mol. The maximum absolute atomic E-state index is 6.00. The van der Waals surface area contributed by atoms with Gasteiger partial charge in [0.1, 0.15) is 23.6 Å². The van der Waals surface area contributed by atoms with E-state index in [4.69, 9.17) is 10.7 Å². The highest BCUT2D eigenvalue weighted by molar-refractivity contribution is 5.86. The first-order valence-corrected chi connectivity index (χ1v) is 11.7. The summed E-state index contributed by atoms with van der Waals surface area (Å²) >= 11 is 0. The number of hydrogen-bond donors (Lipinski definition) is 2. The molecule has 0 saturated heterocycles. The molecule has 1 aromatic carbocycles. The maximum Gasteiger partial charge on any atom is 0.146 e. The Balaban J connectivity index is 1.16. The van der Waals surface area contributed by atoms with Crippen molar-refractivity contribution in [1.82, 2.24) is 19.5 Å². The molecule has 1 fully saturated rings.